The van der Waals surface area contributed by atoms with Crippen LogP contribution >= 0.6 is 34.7 Å². The summed E-state index contributed by atoms with van der Waals surface area (Å²) < 4.78 is 25.8. The van der Waals surface area contributed by atoms with Crippen LogP contribution in [0.1, 0.15) is 52.5 Å². The number of aryl methyl sites for hydroxylation is 1. The van der Waals surface area contributed by atoms with Crippen LogP contribution in [0.5, 0.6) is 5.75 Å². The molecule has 8 nitrogen and oxygen atoms in total. The molecule has 0 fully saturated rings. The zero-order chi connectivity index (χ0) is 25.1. The third-order valence-electron chi connectivity index (χ3n) is 5.58. The molecule has 186 valence electrons. The van der Waals surface area contributed by atoms with E-state index in [2.05, 4.69) is 15.5 Å². The van der Waals surface area contributed by atoms with Gasteiger partial charge < -0.3 is 19.4 Å². The Kier molecular flexibility index (Phi) is 7.98. The summed E-state index contributed by atoms with van der Waals surface area (Å²) in [5.74, 6) is -0.212. The molecule has 1 aliphatic carbocycles. The number of nitrogens with zero attached hydrogens (tertiary/aromatic N) is 3. The standard InChI is InChI=1S/C23H24ClFN4O4S2/c1-12(33-16-9-8-13(25)10-15(16)24)20-27-28-23(29(20)2)34-11-18(30)26-21-19(22(31)32-3)14-6-4-5-7-17(14)35-21/h8-10,12H,4-7,11H2,1-3H3,(H,26,30). The highest BCUT2D eigenvalue weighted by Gasteiger charge is 2.27. The van der Waals surface area contributed by atoms with Crippen LogP contribution in [-0.2, 0) is 29.4 Å². The highest BCUT2D eigenvalue weighted by atomic mass is 35.5. The number of amides is 1. The van der Waals surface area contributed by atoms with E-state index in [9.17, 15) is 14.0 Å². The minimum Gasteiger partial charge on any atom is -0.481 e. The van der Waals surface area contributed by atoms with E-state index >= 15 is 0 Å². The number of nitrogens with one attached hydrogen (secondary N) is 1. The van der Waals surface area contributed by atoms with E-state index in [0.29, 0.717) is 27.3 Å². The first-order chi connectivity index (χ1) is 16.8. The largest absolute Gasteiger partial charge is 0.481 e. The number of thiophene rings is 1. The number of fused-ring (bicyclic) bond motifs is 1. The summed E-state index contributed by atoms with van der Waals surface area (Å²) in [5.41, 5.74) is 1.46. The second-order valence-electron chi connectivity index (χ2n) is 7.98. The Balaban J connectivity index is 1.40. The van der Waals surface area contributed by atoms with E-state index < -0.39 is 17.9 Å². The summed E-state index contributed by atoms with van der Waals surface area (Å²) in [6.45, 7) is 1.78. The molecule has 0 spiro atoms. The number of hydrogen-bond acceptors (Lipinski definition) is 8. The van der Waals surface area contributed by atoms with E-state index in [0.717, 1.165) is 36.1 Å². The molecule has 3 aromatic rings. The number of carbonyl (C=O) groups excluding carboxylic acids is 2. The molecule has 1 atom stereocenters. The SMILES string of the molecule is COC(=O)c1c(NC(=O)CSc2nnc(C(C)Oc3ccc(F)cc3Cl)n2C)sc2c1CCCC2. The molecular formula is C23H24ClFN4O4S2. The molecule has 12 heteroatoms. The van der Waals surface area contributed by atoms with Gasteiger partial charge in [-0.3, -0.25) is 4.79 Å². The van der Waals surface area contributed by atoms with Crippen molar-refractivity contribution < 1.29 is 23.5 Å². The second kappa shape index (κ2) is 11.0. The zero-order valence-corrected chi connectivity index (χ0v) is 21.8. The first kappa shape index (κ1) is 25.5. The van der Waals surface area contributed by atoms with Crippen LogP contribution in [0.2, 0.25) is 5.02 Å². The highest BCUT2D eigenvalue weighted by Crippen LogP contribution is 2.38. The van der Waals surface area contributed by atoms with Crippen molar-refractivity contribution in [2.45, 2.75) is 43.9 Å². The molecule has 2 heterocycles. The van der Waals surface area contributed by atoms with Gasteiger partial charge in [0.1, 0.15) is 16.6 Å². The summed E-state index contributed by atoms with van der Waals surface area (Å²) in [7, 11) is 3.11. The monoisotopic (exact) mass is 538 g/mol. The number of aromatic nitrogens is 3. The van der Waals surface area contributed by atoms with E-state index in [1.165, 1.54) is 48.4 Å². The number of rotatable bonds is 8. The molecule has 1 N–H and O–H groups in total. The first-order valence-electron chi connectivity index (χ1n) is 10.9. The predicted octanol–water partition coefficient (Wildman–Crippen LogP) is 5.21. The maximum absolute atomic E-state index is 13.3. The fraction of sp³-hybridized carbons (Fsp3) is 0.391. The van der Waals surface area contributed by atoms with E-state index in [4.69, 9.17) is 21.1 Å². The van der Waals surface area contributed by atoms with Crippen LogP contribution in [0.15, 0.2) is 23.4 Å². The molecule has 1 amide bonds. The van der Waals surface area contributed by atoms with Crippen LogP contribution in [0.3, 0.4) is 0 Å². The van der Waals surface area contributed by atoms with Crippen LogP contribution in [-0.4, -0.2) is 39.5 Å². The fourth-order valence-electron chi connectivity index (χ4n) is 3.88. The normalized spacial score (nSPS) is 13.7. The molecule has 2 aromatic heterocycles. The number of carbonyl (C=O) groups is 2. The van der Waals surface area contributed by atoms with Crippen molar-refractivity contribution in [3.8, 4) is 5.75 Å². The van der Waals surface area contributed by atoms with Crippen molar-refractivity contribution in [3.05, 3.63) is 50.9 Å². The summed E-state index contributed by atoms with van der Waals surface area (Å²) in [4.78, 5) is 26.2. The maximum Gasteiger partial charge on any atom is 0.341 e. The molecule has 0 radical (unpaired) electrons. The molecule has 1 aliphatic rings. The Morgan fingerprint density at radius 3 is 2.83 bits per heavy atom. The Bertz CT molecular complexity index is 1260. The molecule has 1 unspecified atom stereocenters. The van der Waals surface area contributed by atoms with Gasteiger partial charge in [0.25, 0.3) is 0 Å². The number of thioether (sulfide) groups is 1. The molecule has 0 saturated heterocycles. The summed E-state index contributed by atoms with van der Waals surface area (Å²) in [5, 5.41) is 12.4. The first-order valence-corrected chi connectivity index (χ1v) is 13.1. The number of anilines is 1. The zero-order valence-electron chi connectivity index (χ0n) is 19.4. The quantitative estimate of drug-likeness (QED) is 0.311. The Morgan fingerprint density at radius 1 is 1.31 bits per heavy atom. The number of hydrogen-bond donors (Lipinski definition) is 1. The van der Waals surface area contributed by atoms with Crippen LogP contribution in [0, 0.1) is 5.82 Å². The van der Waals surface area contributed by atoms with Crippen molar-refractivity contribution >= 4 is 51.6 Å². The van der Waals surface area contributed by atoms with Crippen molar-refractivity contribution in [1.29, 1.82) is 0 Å². The van der Waals surface area contributed by atoms with Crippen molar-refractivity contribution in [2.24, 2.45) is 7.05 Å². The van der Waals surface area contributed by atoms with Gasteiger partial charge in [0, 0.05) is 11.9 Å². The van der Waals surface area contributed by atoms with Gasteiger partial charge in [0.15, 0.2) is 17.1 Å². The topological polar surface area (TPSA) is 95.3 Å². The molecule has 0 aliphatic heterocycles. The minimum absolute atomic E-state index is 0.0776. The van der Waals surface area contributed by atoms with Crippen LogP contribution in [0.4, 0.5) is 9.39 Å². The highest BCUT2D eigenvalue weighted by molar-refractivity contribution is 7.99. The Hall–Kier alpha value is -2.63. The Labute approximate surface area is 215 Å². The summed E-state index contributed by atoms with van der Waals surface area (Å²) in [6, 6.07) is 3.89. The van der Waals surface area contributed by atoms with E-state index in [-0.39, 0.29) is 16.7 Å². The lowest BCUT2D eigenvalue weighted by Crippen LogP contribution is -2.17. The van der Waals surface area contributed by atoms with Crippen LogP contribution in [0.25, 0.3) is 0 Å². The average Bonchev–Trinajstić information content (AvgIpc) is 3.38. The van der Waals surface area contributed by atoms with Gasteiger partial charge in [-0.05, 0) is 56.4 Å². The van der Waals surface area contributed by atoms with Gasteiger partial charge in [-0.15, -0.1) is 21.5 Å². The third-order valence-corrected chi connectivity index (χ3v) is 8.10. The van der Waals surface area contributed by atoms with Gasteiger partial charge >= 0.3 is 5.97 Å². The third kappa shape index (κ3) is 5.62. The molecule has 35 heavy (non-hydrogen) atoms. The maximum atomic E-state index is 13.3. The average molecular weight is 539 g/mol. The van der Waals surface area contributed by atoms with E-state index in [1.54, 1.807) is 18.5 Å². The van der Waals surface area contributed by atoms with Gasteiger partial charge in [-0.2, -0.15) is 0 Å². The lowest BCUT2D eigenvalue weighted by atomic mass is 9.95. The number of benzene rings is 1. The molecule has 1 aromatic carbocycles. The molecule has 0 bridgehead atoms. The predicted molar refractivity (Wildman–Crippen MR) is 133 cm³/mol. The lowest BCUT2D eigenvalue weighted by Gasteiger charge is -2.15. The molecular weight excluding hydrogens is 515 g/mol. The number of esters is 1. The molecule has 4 rings (SSSR count). The van der Waals surface area contributed by atoms with Gasteiger partial charge in [-0.1, -0.05) is 23.4 Å². The smallest absolute Gasteiger partial charge is 0.341 e. The van der Waals surface area contributed by atoms with Crippen molar-refractivity contribution in [3.63, 3.8) is 0 Å². The van der Waals surface area contributed by atoms with Gasteiger partial charge in [0.05, 0.1) is 23.4 Å². The van der Waals surface area contributed by atoms with Crippen LogP contribution < -0.4 is 10.1 Å². The van der Waals surface area contributed by atoms with Gasteiger partial charge in [-0.25, -0.2) is 9.18 Å². The summed E-state index contributed by atoms with van der Waals surface area (Å²) in [6.07, 6.45) is 3.28. The van der Waals surface area contributed by atoms with E-state index in [1.807, 2.05) is 0 Å². The minimum atomic E-state index is -0.515. The summed E-state index contributed by atoms with van der Waals surface area (Å²) >= 11 is 8.70. The van der Waals surface area contributed by atoms with Gasteiger partial charge in [0.2, 0.25) is 5.91 Å². The fourth-order valence-corrected chi connectivity index (χ4v) is 6.11. The van der Waals surface area contributed by atoms with Crippen molar-refractivity contribution in [2.75, 3.05) is 18.2 Å². The molecule has 0 saturated carbocycles. The lowest BCUT2D eigenvalue weighted by molar-refractivity contribution is -0.113. The second-order valence-corrected chi connectivity index (χ2v) is 10.4. The number of halogens is 2. The number of methoxy groups -OCH3 is 1. The Morgan fingerprint density at radius 2 is 2.09 bits per heavy atom. The number of ether oxygens (including phenoxy) is 2. The van der Waals surface area contributed by atoms with Crippen molar-refractivity contribution in [1.82, 2.24) is 14.8 Å².